The lowest BCUT2D eigenvalue weighted by molar-refractivity contribution is 0.0730. The number of rotatable bonds is 6. The summed E-state index contributed by atoms with van der Waals surface area (Å²) in [6, 6.07) is 11.7. The van der Waals surface area contributed by atoms with Crippen molar-refractivity contribution in [1.29, 1.82) is 0 Å². The molecule has 1 saturated heterocycles. The molecule has 160 valence electrons. The molecule has 0 unspecified atom stereocenters. The fourth-order valence-corrected chi connectivity index (χ4v) is 5.31. The number of nitrogens with zero attached hydrogens (tertiary/aromatic N) is 1. The molecule has 0 saturated carbocycles. The molecule has 0 aromatic heterocycles. The molecule has 2 heterocycles. The first-order valence-electron chi connectivity index (χ1n) is 10.3. The summed E-state index contributed by atoms with van der Waals surface area (Å²) in [5.74, 6) is -0.372. The molecule has 0 aliphatic carbocycles. The summed E-state index contributed by atoms with van der Waals surface area (Å²) in [5.41, 5.74) is 3.00. The van der Waals surface area contributed by atoms with Crippen molar-refractivity contribution in [3.63, 3.8) is 0 Å². The molecule has 2 aromatic carbocycles. The Kier molecular flexibility index (Phi) is 6.48. The Morgan fingerprint density at radius 2 is 1.87 bits per heavy atom. The molecule has 4 rings (SSSR count). The van der Waals surface area contributed by atoms with E-state index in [0.717, 1.165) is 35.8 Å². The van der Waals surface area contributed by atoms with Gasteiger partial charge in [0.05, 0.1) is 19.0 Å². The second kappa shape index (κ2) is 9.26. The van der Waals surface area contributed by atoms with Gasteiger partial charge in [-0.1, -0.05) is 36.4 Å². The normalized spacial score (nSPS) is 18.2. The molecule has 8 heteroatoms. The van der Waals surface area contributed by atoms with Crippen LogP contribution in [0.15, 0.2) is 42.5 Å². The molecule has 0 spiro atoms. The highest BCUT2D eigenvalue weighted by Crippen LogP contribution is 2.30. The number of carbonyl (C=O) groups is 1. The zero-order chi connectivity index (χ0) is 21.0. The Morgan fingerprint density at radius 1 is 1.10 bits per heavy atom. The van der Waals surface area contributed by atoms with Crippen molar-refractivity contribution in [2.45, 2.75) is 6.42 Å². The van der Waals surface area contributed by atoms with Crippen LogP contribution < -0.4 is 10.6 Å². The molecule has 2 aliphatic rings. The number of fused-ring (bicyclic) bond motifs is 1. The summed E-state index contributed by atoms with van der Waals surface area (Å²) in [6.07, 6.45) is 3.15. The van der Waals surface area contributed by atoms with E-state index >= 15 is 0 Å². The van der Waals surface area contributed by atoms with Gasteiger partial charge in [0.15, 0.2) is 0 Å². The summed E-state index contributed by atoms with van der Waals surface area (Å²) >= 11 is 0. The molecule has 7 nitrogen and oxygen atoms in total. The van der Waals surface area contributed by atoms with Crippen LogP contribution >= 0.6 is 0 Å². The van der Waals surface area contributed by atoms with Crippen LogP contribution in [-0.4, -0.2) is 70.3 Å². The van der Waals surface area contributed by atoms with E-state index in [2.05, 4.69) is 16.7 Å². The molecule has 30 heavy (non-hydrogen) atoms. The zero-order valence-corrected chi connectivity index (χ0v) is 17.7. The van der Waals surface area contributed by atoms with Gasteiger partial charge in [-0.2, -0.15) is 4.31 Å². The maximum atomic E-state index is 12.8. The van der Waals surface area contributed by atoms with Gasteiger partial charge in [-0.25, -0.2) is 8.42 Å². The van der Waals surface area contributed by atoms with Crippen molar-refractivity contribution in [2.75, 3.05) is 51.7 Å². The number of carbonyl (C=O) groups excluding carboxylic acids is 1. The van der Waals surface area contributed by atoms with Crippen LogP contribution in [0.3, 0.4) is 0 Å². The lowest BCUT2D eigenvalue weighted by Gasteiger charge is -2.26. The first-order chi connectivity index (χ1) is 14.6. The quantitative estimate of drug-likeness (QED) is 0.729. The number of hydrogen-bond donors (Lipinski definition) is 2. The van der Waals surface area contributed by atoms with Gasteiger partial charge in [0, 0.05) is 31.7 Å². The van der Waals surface area contributed by atoms with Crippen LogP contribution in [-0.2, 0) is 14.8 Å². The van der Waals surface area contributed by atoms with Crippen LogP contribution in [0.4, 0.5) is 0 Å². The highest BCUT2D eigenvalue weighted by molar-refractivity contribution is 7.89. The van der Waals surface area contributed by atoms with E-state index in [-0.39, 0.29) is 18.2 Å². The maximum absolute atomic E-state index is 12.8. The number of sulfonamides is 1. The summed E-state index contributed by atoms with van der Waals surface area (Å²) in [6.45, 7) is 3.43. The van der Waals surface area contributed by atoms with Gasteiger partial charge in [0.25, 0.3) is 5.91 Å². The Balaban J connectivity index is 1.49. The average molecular weight is 430 g/mol. The van der Waals surface area contributed by atoms with Gasteiger partial charge in [0.2, 0.25) is 10.0 Å². The Bertz CT molecular complexity index is 1060. The van der Waals surface area contributed by atoms with E-state index in [1.165, 1.54) is 9.88 Å². The fraction of sp³-hybridized carbons (Fsp3) is 0.409. The Hall–Kier alpha value is -2.26. The number of morpholine rings is 1. The van der Waals surface area contributed by atoms with Gasteiger partial charge in [0.1, 0.15) is 0 Å². The second-order valence-corrected chi connectivity index (χ2v) is 9.56. The van der Waals surface area contributed by atoms with Gasteiger partial charge in [-0.05, 0) is 40.9 Å². The van der Waals surface area contributed by atoms with Crippen molar-refractivity contribution >= 4 is 32.3 Å². The number of ether oxygens (including phenoxy) is 1. The molecule has 2 N–H and O–H groups in total. The zero-order valence-electron chi connectivity index (χ0n) is 16.9. The van der Waals surface area contributed by atoms with Gasteiger partial charge < -0.3 is 15.4 Å². The van der Waals surface area contributed by atoms with E-state index < -0.39 is 10.0 Å². The molecule has 0 bridgehead atoms. The minimum atomic E-state index is -3.40. The molecule has 1 fully saturated rings. The van der Waals surface area contributed by atoms with Crippen molar-refractivity contribution in [3.8, 4) is 0 Å². The van der Waals surface area contributed by atoms with E-state index in [9.17, 15) is 13.2 Å². The van der Waals surface area contributed by atoms with Gasteiger partial charge in [-0.3, -0.25) is 4.79 Å². The largest absolute Gasteiger partial charge is 0.379 e. The first kappa shape index (κ1) is 21.0. The molecular weight excluding hydrogens is 402 g/mol. The SMILES string of the molecule is O=C(NCCS(=O)(=O)N1CCOCC1)c1ccc(C2=CCNCC2)c2ccccc12. The lowest BCUT2D eigenvalue weighted by atomic mass is 9.92. The number of benzene rings is 2. The van der Waals surface area contributed by atoms with Crippen LogP contribution in [0.5, 0.6) is 0 Å². The van der Waals surface area contributed by atoms with E-state index in [1.807, 2.05) is 36.4 Å². The van der Waals surface area contributed by atoms with Crippen LogP contribution in [0.25, 0.3) is 16.3 Å². The molecule has 0 radical (unpaired) electrons. The average Bonchev–Trinajstić information content (AvgIpc) is 2.79. The first-order valence-corrected chi connectivity index (χ1v) is 11.9. The predicted octanol–water partition coefficient (Wildman–Crippen LogP) is 1.61. The highest BCUT2D eigenvalue weighted by atomic mass is 32.2. The summed E-state index contributed by atoms with van der Waals surface area (Å²) < 4.78 is 31.5. The number of hydrogen-bond acceptors (Lipinski definition) is 5. The Morgan fingerprint density at radius 3 is 2.60 bits per heavy atom. The van der Waals surface area contributed by atoms with E-state index in [0.29, 0.717) is 31.9 Å². The van der Waals surface area contributed by atoms with Gasteiger partial charge in [-0.15, -0.1) is 0 Å². The summed E-state index contributed by atoms with van der Waals surface area (Å²) in [4.78, 5) is 12.8. The third kappa shape index (κ3) is 4.57. The molecular formula is C22H27N3O4S. The maximum Gasteiger partial charge on any atom is 0.251 e. The fourth-order valence-electron chi connectivity index (χ4n) is 3.99. The lowest BCUT2D eigenvalue weighted by Crippen LogP contribution is -2.43. The number of nitrogens with one attached hydrogen (secondary N) is 2. The van der Waals surface area contributed by atoms with E-state index in [1.54, 1.807) is 0 Å². The smallest absolute Gasteiger partial charge is 0.251 e. The van der Waals surface area contributed by atoms with Crippen LogP contribution in [0.2, 0.25) is 0 Å². The van der Waals surface area contributed by atoms with Crippen molar-refractivity contribution < 1.29 is 17.9 Å². The molecule has 2 aromatic rings. The minimum absolute atomic E-state index is 0.0748. The molecule has 0 atom stereocenters. The highest BCUT2D eigenvalue weighted by Gasteiger charge is 2.24. The predicted molar refractivity (Wildman–Crippen MR) is 118 cm³/mol. The van der Waals surface area contributed by atoms with Crippen molar-refractivity contribution in [3.05, 3.63) is 53.6 Å². The van der Waals surface area contributed by atoms with Gasteiger partial charge >= 0.3 is 0 Å². The minimum Gasteiger partial charge on any atom is -0.379 e. The standard InChI is InChI=1S/C22H27N3O4S/c26-22(24-11-16-30(27,28)25-12-14-29-15-13-25)21-6-5-18(17-7-9-23-10-8-17)19-3-1-2-4-20(19)21/h1-7,23H,8-16H2,(H,24,26). The molecule has 2 aliphatic heterocycles. The van der Waals surface area contributed by atoms with Crippen LogP contribution in [0, 0.1) is 0 Å². The molecule has 1 amide bonds. The number of amides is 1. The summed E-state index contributed by atoms with van der Waals surface area (Å²) in [7, 11) is -3.40. The third-order valence-corrected chi connectivity index (χ3v) is 7.46. The monoisotopic (exact) mass is 429 g/mol. The van der Waals surface area contributed by atoms with Crippen molar-refractivity contribution in [2.24, 2.45) is 0 Å². The van der Waals surface area contributed by atoms with Crippen LogP contribution in [0.1, 0.15) is 22.3 Å². The van der Waals surface area contributed by atoms with Crippen molar-refractivity contribution in [1.82, 2.24) is 14.9 Å². The summed E-state index contributed by atoms with van der Waals surface area (Å²) in [5, 5.41) is 8.02. The van der Waals surface area contributed by atoms with E-state index in [4.69, 9.17) is 4.74 Å². The Labute approximate surface area is 177 Å². The topological polar surface area (TPSA) is 87.7 Å². The second-order valence-electron chi connectivity index (χ2n) is 7.47. The third-order valence-electron chi connectivity index (χ3n) is 5.59.